The number of anilines is 1. The number of benzene rings is 2. The van der Waals surface area contributed by atoms with Gasteiger partial charge in [-0.2, -0.15) is 0 Å². The molecular formula is C23H21ClF2N4O. The van der Waals surface area contributed by atoms with E-state index < -0.39 is 0 Å². The summed E-state index contributed by atoms with van der Waals surface area (Å²) >= 11 is 6.02. The quantitative estimate of drug-likeness (QED) is 0.581. The Bertz CT molecular complexity index is 993. The molecule has 0 saturated carbocycles. The molecule has 8 heteroatoms. The van der Waals surface area contributed by atoms with Crippen LogP contribution >= 0.6 is 11.6 Å². The zero-order chi connectivity index (χ0) is 21.8. The Morgan fingerprint density at radius 2 is 1.45 bits per heavy atom. The zero-order valence-corrected chi connectivity index (χ0v) is 17.4. The second kappa shape index (κ2) is 9.41. The Morgan fingerprint density at radius 3 is 1.97 bits per heavy atom. The molecule has 1 aromatic heterocycles. The molecule has 0 spiro atoms. The Kier molecular flexibility index (Phi) is 6.44. The lowest BCUT2D eigenvalue weighted by atomic mass is 9.96. The Morgan fingerprint density at radius 1 is 0.903 bits per heavy atom. The van der Waals surface area contributed by atoms with E-state index in [-0.39, 0.29) is 28.9 Å². The van der Waals surface area contributed by atoms with E-state index in [2.05, 4.69) is 15.2 Å². The van der Waals surface area contributed by atoms with Gasteiger partial charge in [-0.25, -0.2) is 18.6 Å². The minimum absolute atomic E-state index is 0.167. The zero-order valence-electron chi connectivity index (χ0n) is 16.6. The largest absolute Gasteiger partial charge is 0.322 e. The van der Waals surface area contributed by atoms with Gasteiger partial charge in [0.1, 0.15) is 11.6 Å². The van der Waals surface area contributed by atoms with Crippen LogP contribution in [0, 0.1) is 11.6 Å². The van der Waals surface area contributed by atoms with Gasteiger partial charge in [0.2, 0.25) is 0 Å². The number of carbonyl (C=O) groups is 1. The number of piperazine rings is 1. The van der Waals surface area contributed by atoms with Gasteiger partial charge < -0.3 is 10.2 Å². The summed E-state index contributed by atoms with van der Waals surface area (Å²) < 4.78 is 26.9. The summed E-state index contributed by atoms with van der Waals surface area (Å²) in [6.45, 7) is 2.21. The van der Waals surface area contributed by atoms with Crippen molar-refractivity contribution in [2.45, 2.75) is 6.04 Å². The van der Waals surface area contributed by atoms with E-state index in [1.54, 1.807) is 47.5 Å². The van der Waals surface area contributed by atoms with Crippen LogP contribution in [-0.2, 0) is 0 Å². The van der Waals surface area contributed by atoms with Crippen LogP contribution in [0.1, 0.15) is 17.2 Å². The van der Waals surface area contributed by atoms with Crippen LogP contribution in [0.5, 0.6) is 0 Å². The number of hydrogen-bond donors (Lipinski definition) is 1. The molecule has 0 bridgehead atoms. The second-order valence-corrected chi connectivity index (χ2v) is 7.66. The molecule has 0 aliphatic carbocycles. The lowest BCUT2D eigenvalue weighted by Crippen LogP contribution is -2.51. The number of pyridine rings is 1. The normalized spacial score (nSPS) is 14.6. The molecule has 5 nitrogen and oxygen atoms in total. The Labute approximate surface area is 184 Å². The van der Waals surface area contributed by atoms with Crippen LogP contribution in [0.4, 0.5) is 19.3 Å². The fraction of sp³-hybridized carbons (Fsp3) is 0.217. The number of rotatable bonds is 4. The van der Waals surface area contributed by atoms with Crippen LogP contribution < -0.4 is 5.32 Å². The molecule has 0 atom stereocenters. The lowest BCUT2D eigenvalue weighted by molar-refractivity contribution is 0.126. The number of urea groups is 1. The van der Waals surface area contributed by atoms with Gasteiger partial charge in [-0.15, -0.1) is 0 Å². The average Bonchev–Trinajstić information content (AvgIpc) is 2.78. The number of carbonyl (C=O) groups excluding carboxylic acids is 1. The van der Waals surface area contributed by atoms with Crippen molar-refractivity contribution < 1.29 is 13.6 Å². The Hall–Kier alpha value is -3.03. The number of amides is 2. The predicted molar refractivity (Wildman–Crippen MR) is 116 cm³/mol. The summed E-state index contributed by atoms with van der Waals surface area (Å²) in [6, 6.07) is 15.7. The van der Waals surface area contributed by atoms with Crippen LogP contribution in [0.3, 0.4) is 0 Å². The molecule has 1 aliphatic rings. The molecule has 1 N–H and O–H groups in total. The highest BCUT2D eigenvalue weighted by atomic mass is 35.5. The molecule has 0 radical (unpaired) electrons. The number of halogens is 3. The molecule has 2 aromatic carbocycles. The van der Waals surface area contributed by atoms with Crippen molar-refractivity contribution in [2.24, 2.45) is 0 Å². The maximum Gasteiger partial charge on any atom is 0.322 e. The van der Waals surface area contributed by atoms with Crippen LogP contribution in [0.15, 0.2) is 66.9 Å². The monoisotopic (exact) mass is 442 g/mol. The minimum Gasteiger partial charge on any atom is -0.322 e. The van der Waals surface area contributed by atoms with Gasteiger partial charge in [-0.3, -0.25) is 4.90 Å². The van der Waals surface area contributed by atoms with E-state index in [0.717, 1.165) is 11.1 Å². The van der Waals surface area contributed by atoms with E-state index in [1.807, 2.05) is 0 Å². The van der Waals surface area contributed by atoms with Gasteiger partial charge in [-0.05, 0) is 47.5 Å². The highest BCUT2D eigenvalue weighted by molar-refractivity contribution is 6.32. The van der Waals surface area contributed by atoms with Gasteiger partial charge in [0.15, 0.2) is 5.15 Å². The van der Waals surface area contributed by atoms with Crippen LogP contribution in [0.2, 0.25) is 5.15 Å². The SMILES string of the molecule is O=C(Nc1cccnc1Cl)N1CCN(C(c2ccc(F)cc2)c2ccc(F)cc2)CC1. The first-order valence-corrected chi connectivity index (χ1v) is 10.3. The first-order valence-electron chi connectivity index (χ1n) is 9.93. The molecule has 1 aliphatic heterocycles. The maximum atomic E-state index is 13.5. The van der Waals surface area contributed by atoms with Crippen LogP contribution in [-0.4, -0.2) is 47.0 Å². The van der Waals surface area contributed by atoms with E-state index in [4.69, 9.17) is 11.6 Å². The second-order valence-electron chi connectivity index (χ2n) is 7.30. The third kappa shape index (κ3) is 5.00. The molecule has 3 aromatic rings. The smallest absolute Gasteiger partial charge is 0.322 e. The van der Waals surface area contributed by atoms with Crippen molar-refractivity contribution >= 4 is 23.3 Å². The molecule has 0 unspecified atom stereocenters. The summed E-state index contributed by atoms with van der Waals surface area (Å²) in [7, 11) is 0. The van der Waals surface area contributed by atoms with E-state index in [1.165, 1.54) is 24.3 Å². The first-order chi connectivity index (χ1) is 15.0. The molecule has 4 rings (SSSR count). The number of nitrogens with one attached hydrogen (secondary N) is 1. The summed E-state index contributed by atoms with van der Waals surface area (Å²) in [5.74, 6) is -0.616. The molecule has 1 fully saturated rings. The summed E-state index contributed by atoms with van der Waals surface area (Å²) in [5, 5.41) is 3.03. The van der Waals surface area contributed by atoms with Crippen molar-refractivity contribution in [1.82, 2.24) is 14.8 Å². The highest BCUT2D eigenvalue weighted by Crippen LogP contribution is 2.30. The molecule has 2 heterocycles. The average molecular weight is 443 g/mol. The van der Waals surface area contributed by atoms with E-state index in [9.17, 15) is 13.6 Å². The lowest BCUT2D eigenvalue weighted by Gasteiger charge is -2.39. The van der Waals surface area contributed by atoms with Crippen molar-refractivity contribution in [1.29, 1.82) is 0 Å². The third-order valence-corrected chi connectivity index (χ3v) is 5.64. The molecular weight excluding hydrogens is 422 g/mol. The number of hydrogen-bond acceptors (Lipinski definition) is 3. The van der Waals surface area contributed by atoms with E-state index >= 15 is 0 Å². The third-order valence-electron chi connectivity index (χ3n) is 5.34. The van der Waals surface area contributed by atoms with Gasteiger partial charge in [0, 0.05) is 32.4 Å². The van der Waals surface area contributed by atoms with Gasteiger partial charge >= 0.3 is 6.03 Å². The molecule has 1 saturated heterocycles. The number of aromatic nitrogens is 1. The standard InChI is InChI=1S/C23H21ClF2N4O/c24-22-20(2-1-11-27-22)28-23(31)30-14-12-29(13-15-30)21(16-3-7-18(25)8-4-16)17-5-9-19(26)10-6-17/h1-11,21H,12-15H2,(H,28,31). The van der Waals surface area contributed by atoms with Crippen LogP contribution in [0.25, 0.3) is 0 Å². The predicted octanol–water partition coefficient (Wildman–Crippen LogP) is 4.95. The van der Waals surface area contributed by atoms with Gasteiger partial charge in [0.25, 0.3) is 0 Å². The fourth-order valence-corrected chi connectivity index (χ4v) is 3.93. The fourth-order valence-electron chi connectivity index (χ4n) is 3.76. The first kappa shape index (κ1) is 21.2. The summed E-state index contributed by atoms with van der Waals surface area (Å²) in [5.41, 5.74) is 2.29. The Balaban J connectivity index is 1.48. The van der Waals surface area contributed by atoms with Crippen molar-refractivity contribution in [3.63, 3.8) is 0 Å². The highest BCUT2D eigenvalue weighted by Gasteiger charge is 2.28. The maximum absolute atomic E-state index is 13.5. The van der Waals surface area contributed by atoms with Crippen molar-refractivity contribution in [2.75, 3.05) is 31.5 Å². The molecule has 2 amide bonds. The van der Waals surface area contributed by atoms with Crippen molar-refractivity contribution in [3.05, 3.63) is 94.8 Å². The molecule has 160 valence electrons. The topological polar surface area (TPSA) is 48.5 Å². The number of nitrogens with zero attached hydrogens (tertiary/aromatic N) is 3. The van der Waals surface area contributed by atoms with Gasteiger partial charge in [0.05, 0.1) is 11.7 Å². The van der Waals surface area contributed by atoms with Crippen molar-refractivity contribution in [3.8, 4) is 0 Å². The summed E-state index contributed by atoms with van der Waals surface area (Å²) in [6.07, 6.45) is 1.56. The molecule has 31 heavy (non-hydrogen) atoms. The van der Waals surface area contributed by atoms with Gasteiger partial charge in [-0.1, -0.05) is 35.9 Å². The minimum atomic E-state index is -0.308. The van der Waals surface area contributed by atoms with E-state index in [0.29, 0.717) is 31.9 Å². The summed E-state index contributed by atoms with van der Waals surface area (Å²) in [4.78, 5) is 20.5.